The maximum absolute atomic E-state index is 13.8. The van der Waals surface area contributed by atoms with Crippen molar-refractivity contribution in [2.45, 2.75) is 5.33 Å². The zero-order valence-corrected chi connectivity index (χ0v) is 11.9. The van der Waals surface area contributed by atoms with Gasteiger partial charge in [0.1, 0.15) is 0 Å². The Hall–Kier alpha value is -1.14. The van der Waals surface area contributed by atoms with Gasteiger partial charge in [-0.05, 0) is 11.6 Å². The van der Waals surface area contributed by atoms with Gasteiger partial charge in [-0.15, -0.1) is 0 Å². The molecule has 0 nitrogen and oxygen atoms in total. The quantitative estimate of drug-likeness (QED) is 0.279. The molecule has 0 aliphatic carbocycles. The van der Waals surface area contributed by atoms with Crippen LogP contribution in [0.1, 0.15) is 5.56 Å². The third-order valence-electron chi connectivity index (χ3n) is 2.70. The Balaban J connectivity index is 2.91. The molecule has 0 fully saturated rings. The van der Waals surface area contributed by atoms with Crippen molar-refractivity contribution in [3.8, 4) is 11.1 Å². The van der Waals surface area contributed by atoms with E-state index < -0.39 is 34.6 Å². The Morgan fingerprint density at radius 3 is 1.80 bits per heavy atom. The summed E-state index contributed by atoms with van der Waals surface area (Å²) in [6.07, 6.45) is 0. The zero-order valence-electron chi connectivity index (χ0n) is 9.58. The van der Waals surface area contributed by atoms with Gasteiger partial charge in [0.05, 0.1) is 5.56 Å². The molecule has 0 spiro atoms. The van der Waals surface area contributed by atoms with E-state index in [0.29, 0.717) is 5.56 Å². The summed E-state index contributed by atoms with van der Waals surface area (Å²) in [6, 6.07) is 4.28. The summed E-state index contributed by atoms with van der Waals surface area (Å²) in [5, 5.41) is 0.0349. The van der Waals surface area contributed by atoms with E-state index >= 15 is 0 Å². The minimum atomic E-state index is -2.20. The lowest BCUT2D eigenvalue weighted by Gasteiger charge is -2.13. The van der Waals surface area contributed by atoms with Crippen molar-refractivity contribution in [2.75, 3.05) is 0 Å². The summed E-state index contributed by atoms with van der Waals surface area (Å²) < 4.78 is 67.1. The van der Waals surface area contributed by atoms with Gasteiger partial charge in [0.2, 0.25) is 5.82 Å². The van der Waals surface area contributed by atoms with Crippen LogP contribution in [0.15, 0.2) is 18.2 Å². The first-order valence-corrected chi connectivity index (χ1v) is 6.75. The predicted octanol–water partition coefficient (Wildman–Crippen LogP) is 5.60. The molecule has 0 saturated carbocycles. The van der Waals surface area contributed by atoms with E-state index in [1.54, 1.807) is 0 Å². The summed E-state index contributed by atoms with van der Waals surface area (Å²) >= 11 is 8.91. The van der Waals surface area contributed by atoms with Gasteiger partial charge in [0.25, 0.3) is 0 Å². The number of hydrogen-bond donors (Lipinski definition) is 0. The van der Waals surface area contributed by atoms with Crippen LogP contribution >= 0.6 is 27.5 Å². The topological polar surface area (TPSA) is 0 Å². The second kappa shape index (κ2) is 5.69. The van der Waals surface area contributed by atoms with Crippen LogP contribution in [-0.4, -0.2) is 0 Å². The molecule has 106 valence electrons. The standard InChI is InChI=1S/C13H5BrClF5/c14-4-5-2-1-3-6(15)7(5)8-9(16)11(18)13(20)12(19)10(8)17/h1-3H,4H2. The van der Waals surface area contributed by atoms with E-state index in [1.165, 1.54) is 18.2 Å². The van der Waals surface area contributed by atoms with Crippen LogP contribution < -0.4 is 0 Å². The minimum Gasteiger partial charge on any atom is -0.203 e. The lowest BCUT2D eigenvalue weighted by atomic mass is 9.99. The summed E-state index contributed by atoms with van der Waals surface area (Å²) in [5.74, 6) is -10.0. The molecule has 0 aliphatic heterocycles. The number of rotatable bonds is 2. The molecule has 0 aromatic heterocycles. The molecule has 2 aromatic carbocycles. The van der Waals surface area contributed by atoms with E-state index in [9.17, 15) is 22.0 Å². The van der Waals surface area contributed by atoms with Crippen molar-refractivity contribution < 1.29 is 22.0 Å². The third kappa shape index (κ3) is 2.31. The Morgan fingerprint density at radius 2 is 1.30 bits per heavy atom. The number of hydrogen-bond acceptors (Lipinski definition) is 0. The highest BCUT2D eigenvalue weighted by atomic mass is 79.9. The third-order valence-corrected chi connectivity index (χ3v) is 3.62. The van der Waals surface area contributed by atoms with Gasteiger partial charge in [0.15, 0.2) is 23.3 Å². The van der Waals surface area contributed by atoms with Crippen LogP contribution in [0.25, 0.3) is 11.1 Å². The number of alkyl halides is 1. The molecule has 0 N–H and O–H groups in total. The van der Waals surface area contributed by atoms with Crippen LogP contribution in [0.3, 0.4) is 0 Å². The first-order chi connectivity index (χ1) is 9.40. The maximum atomic E-state index is 13.8. The van der Waals surface area contributed by atoms with Crippen LogP contribution in [0.4, 0.5) is 22.0 Å². The molecular formula is C13H5BrClF5. The fraction of sp³-hybridized carbons (Fsp3) is 0.0769. The molecule has 0 unspecified atom stereocenters. The Bertz CT molecular complexity index is 658. The monoisotopic (exact) mass is 370 g/mol. The van der Waals surface area contributed by atoms with Gasteiger partial charge in [-0.25, -0.2) is 22.0 Å². The van der Waals surface area contributed by atoms with Gasteiger partial charge < -0.3 is 0 Å². The van der Waals surface area contributed by atoms with Crippen molar-refractivity contribution in [3.63, 3.8) is 0 Å². The smallest absolute Gasteiger partial charge is 0.200 e. The molecule has 0 atom stereocenters. The molecule has 2 rings (SSSR count). The predicted molar refractivity (Wildman–Crippen MR) is 69.3 cm³/mol. The molecule has 0 aliphatic rings. The van der Waals surface area contributed by atoms with Crippen molar-refractivity contribution in [2.24, 2.45) is 0 Å². The van der Waals surface area contributed by atoms with E-state index in [1.807, 2.05) is 0 Å². The fourth-order valence-electron chi connectivity index (χ4n) is 1.78. The summed E-state index contributed by atoms with van der Waals surface area (Å²) in [4.78, 5) is 0. The Morgan fingerprint density at radius 1 is 0.800 bits per heavy atom. The molecule has 20 heavy (non-hydrogen) atoms. The number of halogens is 7. The van der Waals surface area contributed by atoms with Crippen molar-refractivity contribution in [3.05, 3.63) is 57.9 Å². The number of benzene rings is 2. The summed E-state index contributed by atoms with van der Waals surface area (Å²) in [7, 11) is 0. The van der Waals surface area contributed by atoms with Crippen LogP contribution in [0.5, 0.6) is 0 Å². The average Bonchev–Trinajstić information content (AvgIpc) is 2.44. The zero-order chi connectivity index (χ0) is 15.0. The normalized spacial score (nSPS) is 10.9. The molecule has 2 aromatic rings. The van der Waals surface area contributed by atoms with Crippen LogP contribution in [-0.2, 0) is 5.33 Å². The van der Waals surface area contributed by atoms with Crippen LogP contribution in [0, 0.1) is 29.1 Å². The second-order valence-corrected chi connectivity index (χ2v) is 4.82. The molecule has 0 radical (unpaired) electrons. The van der Waals surface area contributed by atoms with Gasteiger partial charge >= 0.3 is 0 Å². The molecule has 0 heterocycles. The van der Waals surface area contributed by atoms with Crippen molar-refractivity contribution in [1.82, 2.24) is 0 Å². The first-order valence-electron chi connectivity index (χ1n) is 5.25. The molecule has 0 saturated heterocycles. The first kappa shape index (κ1) is 15.3. The molecule has 0 bridgehead atoms. The fourth-order valence-corrected chi connectivity index (χ4v) is 2.54. The summed E-state index contributed by atoms with van der Waals surface area (Å²) in [5.41, 5.74) is -0.944. The van der Waals surface area contributed by atoms with Crippen LogP contribution in [0.2, 0.25) is 5.02 Å². The van der Waals surface area contributed by atoms with E-state index in [4.69, 9.17) is 11.6 Å². The Labute approximate surface area is 124 Å². The highest BCUT2D eigenvalue weighted by Crippen LogP contribution is 2.38. The van der Waals surface area contributed by atoms with Crippen molar-refractivity contribution in [1.29, 1.82) is 0 Å². The lowest BCUT2D eigenvalue weighted by molar-refractivity contribution is 0.381. The highest BCUT2D eigenvalue weighted by molar-refractivity contribution is 9.08. The van der Waals surface area contributed by atoms with E-state index in [-0.39, 0.29) is 15.9 Å². The Kier molecular flexibility index (Phi) is 4.34. The second-order valence-electron chi connectivity index (χ2n) is 3.85. The van der Waals surface area contributed by atoms with E-state index in [0.717, 1.165) is 0 Å². The van der Waals surface area contributed by atoms with Gasteiger partial charge in [-0.1, -0.05) is 39.7 Å². The van der Waals surface area contributed by atoms with Gasteiger partial charge in [-0.3, -0.25) is 0 Å². The average molecular weight is 372 g/mol. The van der Waals surface area contributed by atoms with Gasteiger partial charge in [0, 0.05) is 15.9 Å². The lowest BCUT2D eigenvalue weighted by Crippen LogP contribution is -2.05. The minimum absolute atomic E-state index is 0.106. The van der Waals surface area contributed by atoms with Gasteiger partial charge in [-0.2, -0.15) is 0 Å². The largest absolute Gasteiger partial charge is 0.203 e. The molecule has 0 amide bonds. The molecule has 7 heteroatoms. The van der Waals surface area contributed by atoms with Crippen molar-refractivity contribution >= 4 is 27.5 Å². The summed E-state index contributed by atoms with van der Waals surface area (Å²) in [6.45, 7) is 0. The van der Waals surface area contributed by atoms with E-state index in [2.05, 4.69) is 15.9 Å². The molecular weight excluding hydrogens is 366 g/mol. The maximum Gasteiger partial charge on any atom is 0.200 e. The SMILES string of the molecule is Fc1c(F)c(F)c(-c2c(Cl)cccc2CBr)c(F)c1F. The highest BCUT2D eigenvalue weighted by Gasteiger charge is 2.28.